The molecule has 1 saturated heterocycles. The molecule has 0 aliphatic carbocycles. The van der Waals surface area contributed by atoms with Crippen molar-refractivity contribution in [3.05, 3.63) is 29.1 Å². The zero-order chi connectivity index (χ0) is 14.9. The summed E-state index contributed by atoms with van der Waals surface area (Å²) >= 11 is 0. The van der Waals surface area contributed by atoms with E-state index >= 15 is 0 Å². The lowest BCUT2D eigenvalue weighted by atomic mass is 10.0. The zero-order valence-corrected chi connectivity index (χ0v) is 12.9. The molecule has 6 heteroatoms. The Morgan fingerprint density at radius 1 is 1.30 bits per heavy atom. The lowest BCUT2D eigenvalue weighted by Crippen LogP contribution is -2.41. The van der Waals surface area contributed by atoms with E-state index in [1.807, 2.05) is 24.9 Å². The molecule has 20 heavy (non-hydrogen) atoms. The molecular weight excluding hydrogens is 279 g/mol. The minimum atomic E-state index is -2.91. The average Bonchev–Trinajstić information content (AvgIpc) is 2.40. The Morgan fingerprint density at radius 2 is 1.90 bits per heavy atom. The first kappa shape index (κ1) is 15.3. The van der Waals surface area contributed by atoms with Gasteiger partial charge in [-0.3, -0.25) is 0 Å². The van der Waals surface area contributed by atoms with Gasteiger partial charge in [0.2, 0.25) is 0 Å². The first-order chi connectivity index (χ1) is 9.34. The first-order valence-corrected chi connectivity index (χ1v) is 8.59. The molecule has 1 aliphatic heterocycles. The van der Waals surface area contributed by atoms with Crippen LogP contribution in [0.3, 0.4) is 0 Å². The lowest BCUT2D eigenvalue weighted by molar-refractivity contribution is 0.583. The number of hydrogen-bond acceptors (Lipinski definition) is 4. The molecule has 1 aliphatic rings. The minimum Gasteiger partial charge on any atom is -0.369 e. The molecule has 0 radical (unpaired) electrons. The fraction of sp³-hybridized carbons (Fsp3) is 0.571. The summed E-state index contributed by atoms with van der Waals surface area (Å²) in [6, 6.07) is 3.38. The predicted molar refractivity (Wildman–Crippen MR) is 79.5 cm³/mol. The third-order valence-corrected chi connectivity index (χ3v) is 5.50. The highest BCUT2D eigenvalue weighted by Crippen LogP contribution is 2.30. The number of sulfone groups is 1. The zero-order valence-electron chi connectivity index (χ0n) is 12.1. The van der Waals surface area contributed by atoms with Gasteiger partial charge in [0.05, 0.1) is 11.5 Å². The highest BCUT2D eigenvalue weighted by Gasteiger charge is 2.25. The molecule has 1 N–H and O–H groups in total. The highest BCUT2D eigenvalue weighted by molar-refractivity contribution is 7.91. The van der Waals surface area contributed by atoms with Gasteiger partial charge in [0.25, 0.3) is 0 Å². The van der Waals surface area contributed by atoms with Crippen LogP contribution >= 0.6 is 0 Å². The van der Waals surface area contributed by atoms with E-state index < -0.39 is 9.84 Å². The smallest absolute Gasteiger partial charge is 0.153 e. The monoisotopic (exact) mass is 300 g/mol. The number of hydrogen-bond donors (Lipinski definition) is 1. The van der Waals surface area contributed by atoms with Crippen molar-refractivity contribution < 1.29 is 12.8 Å². The fourth-order valence-electron chi connectivity index (χ4n) is 2.41. The van der Waals surface area contributed by atoms with Gasteiger partial charge in [-0.15, -0.1) is 0 Å². The topological polar surface area (TPSA) is 49.4 Å². The second kappa shape index (κ2) is 5.69. The Kier molecular flexibility index (Phi) is 4.34. The summed E-state index contributed by atoms with van der Waals surface area (Å²) < 4.78 is 36.9. The van der Waals surface area contributed by atoms with Crippen molar-refractivity contribution in [2.75, 3.05) is 36.5 Å². The normalized spacial score (nSPS) is 19.9. The van der Waals surface area contributed by atoms with E-state index in [9.17, 15) is 12.8 Å². The van der Waals surface area contributed by atoms with Crippen LogP contribution in [0.1, 0.15) is 24.1 Å². The summed E-state index contributed by atoms with van der Waals surface area (Å²) in [4.78, 5) is 2.04. The Labute approximate surface area is 119 Å². The van der Waals surface area contributed by atoms with E-state index in [0.717, 1.165) is 11.3 Å². The van der Waals surface area contributed by atoms with Crippen molar-refractivity contribution >= 4 is 15.5 Å². The van der Waals surface area contributed by atoms with Gasteiger partial charge in [0, 0.05) is 24.8 Å². The molecule has 0 aromatic heterocycles. The van der Waals surface area contributed by atoms with Crippen molar-refractivity contribution in [2.24, 2.45) is 0 Å². The second-order valence-electron chi connectivity index (χ2n) is 5.31. The summed E-state index contributed by atoms with van der Waals surface area (Å²) in [5.41, 5.74) is 2.39. The fourth-order valence-corrected chi connectivity index (χ4v) is 3.61. The van der Waals surface area contributed by atoms with E-state index in [-0.39, 0.29) is 23.4 Å². The van der Waals surface area contributed by atoms with Crippen LogP contribution in [0.25, 0.3) is 0 Å². The molecule has 0 spiro atoms. The molecular formula is C14H21FN2O2S. The van der Waals surface area contributed by atoms with Gasteiger partial charge in [-0.05, 0) is 44.2 Å². The van der Waals surface area contributed by atoms with Gasteiger partial charge >= 0.3 is 0 Å². The molecule has 1 unspecified atom stereocenters. The summed E-state index contributed by atoms with van der Waals surface area (Å²) in [5.74, 6) is 0.101. The average molecular weight is 300 g/mol. The number of anilines is 1. The number of halogens is 1. The molecule has 0 amide bonds. The van der Waals surface area contributed by atoms with E-state index in [2.05, 4.69) is 5.32 Å². The Morgan fingerprint density at radius 3 is 2.45 bits per heavy atom. The lowest BCUT2D eigenvalue weighted by Gasteiger charge is -2.32. The van der Waals surface area contributed by atoms with Crippen molar-refractivity contribution in [3.8, 4) is 0 Å². The summed E-state index contributed by atoms with van der Waals surface area (Å²) in [6.45, 7) is 4.63. The molecule has 1 atom stereocenters. The Bertz CT molecular complexity index is 587. The molecule has 4 nitrogen and oxygen atoms in total. The predicted octanol–water partition coefficient (Wildman–Crippen LogP) is 1.65. The summed E-state index contributed by atoms with van der Waals surface area (Å²) in [5, 5.41) is 3.11. The Hall–Kier alpha value is -1.14. The van der Waals surface area contributed by atoms with Gasteiger partial charge in [-0.2, -0.15) is 0 Å². The minimum absolute atomic E-state index is 0.0126. The maximum absolute atomic E-state index is 13.8. The molecule has 0 saturated carbocycles. The molecule has 1 aromatic rings. The van der Waals surface area contributed by atoms with Crippen molar-refractivity contribution in [1.29, 1.82) is 0 Å². The van der Waals surface area contributed by atoms with Gasteiger partial charge in [-0.1, -0.05) is 0 Å². The van der Waals surface area contributed by atoms with Crippen LogP contribution in [0.15, 0.2) is 12.1 Å². The van der Waals surface area contributed by atoms with Crippen LogP contribution in [-0.2, 0) is 9.84 Å². The maximum Gasteiger partial charge on any atom is 0.153 e. The SMILES string of the molecule is CNC(C)c1cc(F)c(C)cc1N1CCS(=O)(=O)CC1. The highest BCUT2D eigenvalue weighted by atomic mass is 32.2. The standard InChI is InChI=1S/C14H21FN2O2S/c1-10-8-14(12(9-13(10)15)11(2)16-3)17-4-6-20(18,19)7-5-17/h8-9,11,16H,4-7H2,1-3H3. The molecule has 1 aromatic carbocycles. The van der Waals surface area contributed by atoms with Crippen LogP contribution < -0.4 is 10.2 Å². The number of rotatable bonds is 3. The van der Waals surface area contributed by atoms with Crippen LogP contribution in [0.5, 0.6) is 0 Å². The van der Waals surface area contributed by atoms with Gasteiger partial charge in [0.15, 0.2) is 9.84 Å². The third-order valence-electron chi connectivity index (χ3n) is 3.89. The van der Waals surface area contributed by atoms with E-state index in [0.29, 0.717) is 18.7 Å². The van der Waals surface area contributed by atoms with Crippen LogP contribution in [0.4, 0.5) is 10.1 Å². The summed E-state index contributed by atoms with van der Waals surface area (Å²) in [7, 11) is -1.09. The second-order valence-corrected chi connectivity index (χ2v) is 7.61. The van der Waals surface area contributed by atoms with Crippen molar-refractivity contribution in [2.45, 2.75) is 19.9 Å². The third kappa shape index (κ3) is 3.12. The number of nitrogens with one attached hydrogen (secondary N) is 1. The number of aryl methyl sites for hydroxylation is 1. The number of nitrogens with zero attached hydrogens (tertiary/aromatic N) is 1. The van der Waals surface area contributed by atoms with Gasteiger partial charge in [-0.25, -0.2) is 12.8 Å². The molecule has 2 rings (SSSR count). The van der Waals surface area contributed by atoms with E-state index in [4.69, 9.17) is 0 Å². The quantitative estimate of drug-likeness (QED) is 0.922. The van der Waals surface area contributed by atoms with E-state index in [1.165, 1.54) is 0 Å². The van der Waals surface area contributed by atoms with Crippen molar-refractivity contribution in [3.63, 3.8) is 0 Å². The molecule has 1 fully saturated rings. The molecule has 112 valence electrons. The van der Waals surface area contributed by atoms with Crippen LogP contribution in [0, 0.1) is 12.7 Å². The van der Waals surface area contributed by atoms with Crippen LogP contribution in [-0.4, -0.2) is 40.1 Å². The molecule has 1 heterocycles. The largest absolute Gasteiger partial charge is 0.369 e. The summed E-state index contributed by atoms with van der Waals surface area (Å²) in [6.07, 6.45) is 0. The van der Waals surface area contributed by atoms with Gasteiger partial charge < -0.3 is 10.2 Å². The van der Waals surface area contributed by atoms with Gasteiger partial charge in [0.1, 0.15) is 5.82 Å². The van der Waals surface area contributed by atoms with Crippen LogP contribution in [0.2, 0.25) is 0 Å². The Balaban J connectivity index is 2.37. The van der Waals surface area contributed by atoms with Crippen molar-refractivity contribution in [1.82, 2.24) is 5.32 Å². The number of benzene rings is 1. The maximum atomic E-state index is 13.8. The first-order valence-electron chi connectivity index (χ1n) is 6.77. The van der Waals surface area contributed by atoms with E-state index in [1.54, 1.807) is 13.0 Å². The molecule has 0 bridgehead atoms.